The first kappa shape index (κ1) is 12.8. The van der Waals surface area contributed by atoms with E-state index in [9.17, 15) is 4.79 Å². The number of carbonyl (C=O) groups excluding carboxylic acids is 1. The van der Waals surface area contributed by atoms with Crippen molar-refractivity contribution in [1.82, 2.24) is 20.4 Å². The molecule has 3 heterocycles. The van der Waals surface area contributed by atoms with Crippen molar-refractivity contribution in [1.29, 1.82) is 0 Å². The number of hydrogen-bond donors (Lipinski definition) is 2. The van der Waals surface area contributed by atoms with Gasteiger partial charge in [0.1, 0.15) is 0 Å². The average Bonchev–Trinajstić information content (AvgIpc) is 3.14. The molecule has 110 valence electrons. The Morgan fingerprint density at radius 3 is 3.14 bits per heavy atom. The molecule has 1 amide bonds. The van der Waals surface area contributed by atoms with Crippen molar-refractivity contribution in [2.75, 3.05) is 26.2 Å². The van der Waals surface area contributed by atoms with E-state index in [-0.39, 0.29) is 5.91 Å². The Morgan fingerprint density at radius 1 is 1.33 bits per heavy atom. The Bertz CT molecular complexity index is 672. The van der Waals surface area contributed by atoms with Crippen LogP contribution < -0.4 is 5.32 Å². The number of rotatable bonds is 1. The number of nitrogens with one attached hydrogen (secondary N) is 2. The molecule has 4 rings (SSSR count). The minimum Gasteiger partial charge on any atom is -0.338 e. The zero-order valence-electron chi connectivity index (χ0n) is 12.1. The Labute approximate surface area is 123 Å². The van der Waals surface area contributed by atoms with Gasteiger partial charge in [-0.05, 0) is 44.0 Å². The molecule has 0 aliphatic carbocycles. The number of fused-ring (bicyclic) bond motifs is 1. The van der Waals surface area contributed by atoms with Gasteiger partial charge in [0.2, 0.25) is 0 Å². The normalized spacial score (nSPS) is 25.8. The summed E-state index contributed by atoms with van der Waals surface area (Å²) in [7, 11) is 0. The first-order valence-electron chi connectivity index (χ1n) is 7.69. The van der Waals surface area contributed by atoms with Gasteiger partial charge in [-0.15, -0.1) is 0 Å². The van der Waals surface area contributed by atoms with Crippen LogP contribution >= 0.6 is 0 Å². The van der Waals surface area contributed by atoms with Crippen LogP contribution in [0.2, 0.25) is 0 Å². The number of nitrogens with zero attached hydrogens (tertiary/aromatic N) is 2. The molecule has 0 radical (unpaired) electrons. The fourth-order valence-corrected chi connectivity index (χ4v) is 3.75. The van der Waals surface area contributed by atoms with E-state index in [1.807, 2.05) is 23.1 Å². The van der Waals surface area contributed by atoms with Gasteiger partial charge in [-0.2, -0.15) is 5.10 Å². The summed E-state index contributed by atoms with van der Waals surface area (Å²) in [5.74, 6) is 0.153. The van der Waals surface area contributed by atoms with Crippen molar-refractivity contribution >= 4 is 16.8 Å². The lowest BCUT2D eigenvalue weighted by Gasteiger charge is -2.33. The predicted molar refractivity (Wildman–Crippen MR) is 81.2 cm³/mol. The van der Waals surface area contributed by atoms with E-state index < -0.39 is 0 Å². The van der Waals surface area contributed by atoms with Gasteiger partial charge < -0.3 is 10.2 Å². The summed E-state index contributed by atoms with van der Waals surface area (Å²) in [6, 6.07) is 5.77. The quantitative estimate of drug-likeness (QED) is 0.839. The number of H-pyrrole nitrogens is 1. The molecule has 1 spiro atoms. The van der Waals surface area contributed by atoms with E-state index >= 15 is 0 Å². The molecule has 0 saturated carbocycles. The molecule has 1 atom stereocenters. The average molecular weight is 284 g/mol. The first-order valence-corrected chi connectivity index (χ1v) is 7.69. The highest BCUT2D eigenvalue weighted by molar-refractivity contribution is 5.98. The summed E-state index contributed by atoms with van der Waals surface area (Å²) in [5, 5.41) is 11.4. The van der Waals surface area contributed by atoms with Gasteiger partial charge >= 0.3 is 0 Å². The van der Waals surface area contributed by atoms with Crippen LogP contribution in [0.3, 0.4) is 0 Å². The lowest BCUT2D eigenvalue weighted by Crippen LogP contribution is -2.42. The summed E-state index contributed by atoms with van der Waals surface area (Å²) < 4.78 is 0. The molecule has 1 aromatic carbocycles. The summed E-state index contributed by atoms with van der Waals surface area (Å²) in [4.78, 5) is 14.7. The maximum Gasteiger partial charge on any atom is 0.253 e. The predicted octanol–water partition coefficient (Wildman–Crippen LogP) is 1.78. The number of amides is 1. The van der Waals surface area contributed by atoms with Crippen LogP contribution in [0.15, 0.2) is 24.4 Å². The molecule has 5 heteroatoms. The molecule has 5 nitrogen and oxygen atoms in total. The van der Waals surface area contributed by atoms with Crippen LogP contribution in [0.4, 0.5) is 0 Å². The van der Waals surface area contributed by atoms with Crippen LogP contribution in [0.25, 0.3) is 10.9 Å². The third-order valence-electron chi connectivity index (χ3n) is 4.97. The Hall–Kier alpha value is -1.88. The molecule has 2 N–H and O–H groups in total. The third-order valence-corrected chi connectivity index (χ3v) is 4.97. The molecule has 2 aromatic rings. The van der Waals surface area contributed by atoms with E-state index in [0.29, 0.717) is 5.41 Å². The molecule has 2 aliphatic heterocycles. The molecular weight excluding hydrogens is 264 g/mol. The van der Waals surface area contributed by atoms with Crippen molar-refractivity contribution in [2.45, 2.75) is 19.3 Å². The summed E-state index contributed by atoms with van der Waals surface area (Å²) in [6.45, 7) is 3.94. The van der Waals surface area contributed by atoms with Gasteiger partial charge in [-0.1, -0.05) is 0 Å². The minimum atomic E-state index is 0.153. The largest absolute Gasteiger partial charge is 0.338 e. The third kappa shape index (κ3) is 2.21. The Balaban J connectivity index is 1.54. The number of likely N-dealkylation sites (tertiary alicyclic amines) is 1. The highest BCUT2D eigenvalue weighted by atomic mass is 16.2. The zero-order chi connectivity index (χ0) is 14.3. The molecule has 2 fully saturated rings. The lowest BCUT2D eigenvalue weighted by molar-refractivity contribution is 0.0764. The van der Waals surface area contributed by atoms with Crippen molar-refractivity contribution in [3.63, 3.8) is 0 Å². The highest BCUT2D eigenvalue weighted by Crippen LogP contribution is 2.37. The number of carbonyl (C=O) groups is 1. The van der Waals surface area contributed by atoms with E-state index in [1.54, 1.807) is 6.20 Å². The second-order valence-corrected chi connectivity index (χ2v) is 6.43. The van der Waals surface area contributed by atoms with Crippen molar-refractivity contribution < 1.29 is 4.79 Å². The number of aromatic amines is 1. The van der Waals surface area contributed by atoms with Crippen molar-refractivity contribution in [2.24, 2.45) is 5.41 Å². The fourth-order valence-electron chi connectivity index (χ4n) is 3.75. The molecule has 2 saturated heterocycles. The summed E-state index contributed by atoms with van der Waals surface area (Å²) in [6.07, 6.45) is 5.36. The van der Waals surface area contributed by atoms with Gasteiger partial charge in [0, 0.05) is 36.0 Å². The standard InChI is InChI=1S/C16H20N4O/c21-15(12-2-3-14-13(8-12)9-18-19-14)20-7-5-16(11-20)4-1-6-17-10-16/h2-3,8-9,17H,1,4-7,10-11H2,(H,18,19). The van der Waals surface area contributed by atoms with E-state index in [1.165, 1.54) is 12.8 Å². The van der Waals surface area contributed by atoms with Crippen molar-refractivity contribution in [3.05, 3.63) is 30.0 Å². The van der Waals surface area contributed by atoms with Gasteiger partial charge in [0.15, 0.2) is 0 Å². The van der Waals surface area contributed by atoms with Gasteiger partial charge in [-0.3, -0.25) is 9.89 Å². The van der Waals surface area contributed by atoms with Crippen LogP contribution in [0.1, 0.15) is 29.6 Å². The molecule has 0 bridgehead atoms. The maximum atomic E-state index is 12.7. The van der Waals surface area contributed by atoms with Crippen LogP contribution in [0.5, 0.6) is 0 Å². The summed E-state index contributed by atoms with van der Waals surface area (Å²) in [5.41, 5.74) is 2.05. The van der Waals surface area contributed by atoms with Crippen LogP contribution in [-0.4, -0.2) is 47.2 Å². The monoisotopic (exact) mass is 284 g/mol. The van der Waals surface area contributed by atoms with Gasteiger partial charge in [0.25, 0.3) is 5.91 Å². The molecule has 2 aliphatic rings. The molecule has 21 heavy (non-hydrogen) atoms. The Kier molecular flexibility index (Phi) is 2.96. The lowest BCUT2D eigenvalue weighted by atomic mass is 9.80. The van der Waals surface area contributed by atoms with Crippen molar-refractivity contribution in [3.8, 4) is 0 Å². The topological polar surface area (TPSA) is 61.0 Å². The second-order valence-electron chi connectivity index (χ2n) is 6.43. The first-order chi connectivity index (χ1) is 10.3. The highest BCUT2D eigenvalue weighted by Gasteiger charge is 2.40. The summed E-state index contributed by atoms with van der Waals surface area (Å²) >= 11 is 0. The van der Waals surface area contributed by atoms with E-state index in [0.717, 1.165) is 49.1 Å². The number of hydrogen-bond acceptors (Lipinski definition) is 3. The van der Waals surface area contributed by atoms with Crippen LogP contribution in [0, 0.1) is 5.41 Å². The van der Waals surface area contributed by atoms with E-state index in [2.05, 4.69) is 15.5 Å². The minimum absolute atomic E-state index is 0.153. The smallest absolute Gasteiger partial charge is 0.253 e. The fraction of sp³-hybridized carbons (Fsp3) is 0.500. The SMILES string of the molecule is O=C(c1ccc2[nH]ncc2c1)N1CCC2(CCCNC2)C1. The molecular formula is C16H20N4O. The van der Waals surface area contributed by atoms with E-state index in [4.69, 9.17) is 0 Å². The second kappa shape index (κ2) is 4.84. The maximum absolute atomic E-state index is 12.7. The molecule has 1 aromatic heterocycles. The molecule has 1 unspecified atom stereocenters. The number of piperidine rings is 1. The van der Waals surface area contributed by atoms with Gasteiger partial charge in [-0.25, -0.2) is 0 Å². The zero-order valence-corrected chi connectivity index (χ0v) is 12.1. The van der Waals surface area contributed by atoms with Gasteiger partial charge in [0.05, 0.1) is 11.7 Å². The van der Waals surface area contributed by atoms with Crippen LogP contribution in [-0.2, 0) is 0 Å². The number of benzene rings is 1. The Morgan fingerprint density at radius 2 is 2.29 bits per heavy atom. The number of aromatic nitrogens is 2.